The molecule has 0 spiro atoms. The van der Waals surface area contributed by atoms with Gasteiger partial charge in [0.1, 0.15) is 5.75 Å². The molecule has 2 fully saturated rings. The summed E-state index contributed by atoms with van der Waals surface area (Å²) in [7, 11) is 1.70. The SMILES string of the molecule is COc1ccccc1C1CCCN1C(=O)CC1(CN)CCCCC1.Cl. The molecule has 1 saturated carbocycles. The van der Waals surface area contributed by atoms with E-state index in [1.54, 1.807) is 7.11 Å². The minimum atomic E-state index is 0. The maximum atomic E-state index is 13.1. The summed E-state index contributed by atoms with van der Waals surface area (Å²) in [6.07, 6.45) is 8.58. The van der Waals surface area contributed by atoms with Gasteiger partial charge in [0.2, 0.25) is 5.91 Å². The number of halogens is 1. The fourth-order valence-corrected chi connectivity index (χ4v) is 4.51. The van der Waals surface area contributed by atoms with Gasteiger partial charge in [-0.15, -0.1) is 12.4 Å². The quantitative estimate of drug-likeness (QED) is 0.854. The third kappa shape index (κ3) is 4.29. The highest BCUT2D eigenvalue weighted by Crippen LogP contribution is 2.42. The van der Waals surface area contributed by atoms with Crippen molar-refractivity contribution >= 4 is 18.3 Å². The molecule has 140 valence electrons. The van der Waals surface area contributed by atoms with Crippen LogP contribution < -0.4 is 10.5 Å². The molecule has 0 radical (unpaired) electrons. The Hall–Kier alpha value is -1.26. The number of hydrogen-bond acceptors (Lipinski definition) is 3. The predicted molar refractivity (Wildman–Crippen MR) is 103 cm³/mol. The Morgan fingerprint density at radius 2 is 1.96 bits per heavy atom. The highest BCUT2D eigenvalue weighted by molar-refractivity contribution is 5.85. The number of nitrogens with zero attached hydrogens (tertiary/aromatic N) is 1. The minimum absolute atomic E-state index is 0. The summed E-state index contributed by atoms with van der Waals surface area (Å²) in [5.41, 5.74) is 7.25. The van der Waals surface area contributed by atoms with Crippen molar-refractivity contribution in [3.63, 3.8) is 0 Å². The van der Waals surface area contributed by atoms with Crippen LogP contribution in [0.4, 0.5) is 0 Å². The predicted octanol–water partition coefficient (Wildman–Crippen LogP) is 4.08. The molecule has 1 atom stereocenters. The van der Waals surface area contributed by atoms with Crippen molar-refractivity contribution in [2.24, 2.45) is 11.1 Å². The zero-order chi connectivity index (χ0) is 17.0. The molecule has 2 N–H and O–H groups in total. The van der Waals surface area contributed by atoms with Gasteiger partial charge in [-0.3, -0.25) is 4.79 Å². The van der Waals surface area contributed by atoms with Gasteiger partial charge in [-0.1, -0.05) is 37.5 Å². The van der Waals surface area contributed by atoms with Gasteiger partial charge in [0.25, 0.3) is 0 Å². The molecule has 1 aliphatic carbocycles. The Balaban J connectivity index is 0.00000225. The van der Waals surface area contributed by atoms with Gasteiger partial charge in [0.05, 0.1) is 13.2 Å². The van der Waals surface area contributed by atoms with E-state index < -0.39 is 0 Å². The molecule has 1 aromatic carbocycles. The Labute approximate surface area is 157 Å². The highest BCUT2D eigenvalue weighted by atomic mass is 35.5. The first-order valence-corrected chi connectivity index (χ1v) is 9.31. The van der Waals surface area contributed by atoms with E-state index in [1.165, 1.54) is 19.3 Å². The van der Waals surface area contributed by atoms with Crippen molar-refractivity contribution in [1.82, 2.24) is 4.90 Å². The van der Waals surface area contributed by atoms with Crippen LogP contribution >= 0.6 is 12.4 Å². The summed E-state index contributed by atoms with van der Waals surface area (Å²) in [6, 6.07) is 8.23. The van der Waals surface area contributed by atoms with Crippen LogP contribution in [0.5, 0.6) is 5.75 Å². The van der Waals surface area contributed by atoms with Crippen molar-refractivity contribution in [1.29, 1.82) is 0 Å². The molecule has 1 aromatic rings. The second kappa shape index (κ2) is 8.91. The van der Waals surface area contributed by atoms with Gasteiger partial charge >= 0.3 is 0 Å². The van der Waals surface area contributed by atoms with Crippen molar-refractivity contribution in [2.45, 2.75) is 57.4 Å². The lowest BCUT2D eigenvalue weighted by Crippen LogP contribution is -2.40. The van der Waals surface area contributed by atoms with Crippen LogP contribution in [0.15, 0.2) is 24.3 Å². The smallest absolute Gasteiger partial charge is 0.223 e. The number of ether oxygens (including phenoxy) is 1. The van der Waals surface area contributed by atoms with Crippen LogP contribution in [0.1, 0.15) is 63.0 Å². The maximum absolute atomic E-state index is 13.1. The summed E-state index contributed by atoms with van der Waals surface area (Å²) in [5.74, 6) is 1.16. The summed E-state index contributed by atoms with van der Waals surface area (Å²) in [5, 5.41) is 0. The molecule has 25 heavy (non-hydrogen) atoms. The molecule has 3 rings (SSSR count). The van der Waals surface area contributed by atoms with Crippen molar-refractivity contribution in [2.75, 3.05) is 20.2 Å². The van der Waals surface area contributed by atoms with Crippen LogP contribution in [0.2, 0.25) is 0 Å². The standard InChI is InChI=1S/C20H30N2O2.ClH/c1-24-18-10-4-3-8-16(18)17-9-7-13-22(17)19(23)14-20(15-21)11-5-2-6-12-20;/h3-4,8,10,17H,2,5-7,9,11-15,21H2,1H3;1H. The van der Waals surface area contributed by atoms with Crippen LogP contribution in [0, 0.1) is 5.41 Å². The van der Waals surface area contributed by atoms with Gasteiger partial charge in [0, 0.05) is 18.5 Å². The molecule has 1 saturated heterocycles. The summed E-state index contributed by atoms with van der Waals surface area (Å²) < 4.78 is 5.52. The first-order valence-electron chi connectivity index (χ1n) is 9.31. The Morgan fingerprint density at radius 3 is 2.64 bits per heavy atom. The molecule has 5 heteroatoms. The molecule has 1 heterocycles. The topological polar surface area (TPSA) is 55.6 Å². The number of hydrogen-bond donors (Lipinski definition) is 1. The normalized spacial score (nSPS) is 22.3. The largest absolute Gasteiger partial charge is 0.496 e. The van der Waals surface area contributed by atoms with E-state index in [0.29, 0.717) is 13.0 Å². The second-order valence-corrected chi connectivity index (χ2v) is 7.43. The average molecular weight is 367 g/mol. The molecule has 4 nitrogen and oxygen atoms in total. The third-order valence-corrected chi connectivity index (χ3v) is 5.94. The number of amides is 1. The van der Waals surface area contributed by atoms with Crippen molar-refractivity contribution < 1.29 is 9.53 Å². The van der Waals surface area contributed by atoms with Crippen LogP contribution in [-0.2, 0) is 4.79 Å². The molecular formula is C20H31ClN2O2. The fraction of sp³-hybridized carbons (Fsp3) is 0.650. The molecule has 0 aromatic heterocycles. The Bertz CT molecular complexity index is 573. The van der Waals surface area contributed by atoms with Crippen LogP contribution in [0.25, 0.3) is 0 Å². The minimum Gasteiger partial charge on any atom is -0.496 e. The van der Waals surface area contributed by atoms with E-state index in [9.17, 15) is 4.79 Å². The van der Waals surface area contributed by atoms with E-state index in [4.69, 9.17) is 10.5 Å². The molecule has 2 aliphatic rings. The molecule has 1 aliphatic heterocycles. The number of para-hydroxylation sites is 1. The number of rotatable bonds is 5. The number of nitrogens with two attached hydrogens (primary N) is 1. The number of likely N-dealkylation sites (tertiary alicyclic amines) is 1. The first kappa shape index (κ1) is 20.1. The summed E-state index contributed by atoms with van der Waals surface area (Å²) >= 11 is 0. The highest BCUT2D eigenvalue weighted by Gasteiger charge is 2.38. The van der Waals surface area contributed by atoms with E-state index in [-0.39, 0.29) is 29.8 Å². The van der Waals surface area contributed by atoms with Gasteiger partial charge < -0.3 is 15.4 Å². The van der Waals surface area contributed by atoms with Gasteiger partial charge in [-0.2, -0.15) is 0 Å². The number of methoxy groups -OCH3 is 1. The maximum Gasteiger partial charge on any atom is 0.223 e. The average Bonchev–Trinajstić information content (AvgIpc) is 3.12. The lowest BCUT2D eigenvalue weighted by atomic mass is 9.71. The molecule has 0 bridgehead atoms. The van der Waals surface area contributed by atoms with Crippen molar-refractivity contribution in [3.8, 4) is 5.75 Å². The number of carbonyl (C=O) groups excluding carboxylic acids is 1. The van der Waals surface area contributed by atoms with Gasteiger partial charge in [-0.05, 0) is 43.7 Å². The van der Waals surface area contributed by atoms with Crippen LogP contribution in [0.3, 0.4) is 0 Å². The monoisotopic (exact) mass is 366 g/mol. The molecule has 1 unspecified atom stereocenters. The summed E-state index contributed by atoms with van der Waals surface area (Å²) in [6.45, 7) is 1.48. The Morgan fingerprint density at radius 1 is 1.24 bits per heavy atom. The number of benzene rings is 1. The van der Waals surface area contributed by atoms with Gasteiger partial charge in [-0.25, -0.2) is 0 Å². The first-order chi connectivity index (χ1) is 11.7. The zero-order valence-corrected chi connectivity index (χ0v) is 16.0. The number of carbonyl (C=O) groups is 1. The third-order valence-electron chi connectivity index (χ3n) is 5.94. The van der Waals surface area contributed by atoms with E-state index in [2.05, 4.69) is 11.0 Å². The lowest BCUT2D eigenvalue weighted by molar-refractivity contribution is -0.135. The van der Waals surface area contributed by atoms with Crippen molar-refractivity contribution in [3.05, 3.63) is 29.8 Å². The lowest BCUT2D eigenvalue weighted by Gasteiger charge is -2.38. The van der Waals surface area contributed by atoms with E-state index in [0.717, 1.165) is 43.5 Å². The van der Waals surface area contributed by atoms with Crippen LogP contribution in [-0.4, -0.2) is 31.0 Å². The molecular weight excluding hydrogens is 336 g/mol. The zero-order valence-electron chi connectivity index (χ0n) is 15.2. The Kier molecular flexibility index (Phi) is 7.14. The fourth-order valence-electron chi connectivity index (χ4n) is 4.51. The van der Waals surface area contributed by atoms with E-state index >= 15 is 0 Å². The molecule has 1 amide bonds. The van der Waals surface area contributed by atoms with Gasteiger partial charge in [0.15, 0.2) is 0 Å². The van der Waals surface area contributed by atoms with E-state index in [1.807, 2.05) is 18.2 Å². The summed E-state index contributed by atoms with van der Waals surface area (Å²) in [4.78, 5) is 15.2. The second-order valence-electron chi connectivity index (χ2n) is 7.43.